The van der Waals surface area contributed by atoms with Crippen LogP contribution in [0.3, 0.4) is 0 Å². The van der Waals surface area contributed by atoms with Crippen LogP contribution in [0.2, 0.25) is 5.02 Å². The van der Waals surface area contributed by atoms with E-state index in [9.17, 15) is 29.2 Å². The largest absolute Gasteiger partial charge is 0.463 e. The number of aromatic nitrogens is 1. The van der Waals surface area contributed by atoms with Gasteiger partial charge in [0, 0.05) is 43.2 Å². The van der Waals surface area contributed by atoms with Crippen LogP contribution in [0.5, 0.6) is 0 Å². The second-order valence-corrected chi connectivity index (χ2v) is 11.1. The average molecular weight is 643 g/mol. The van der Waals surface area contributed by atoms with E-state index in [-0.39, 0.29) is 11.3 Å². The molecule has 0 spiro atoms. The number of thiophene rings is 1. The highest BCUT2D eigenvalue weighted by Gasteiger charge is 2.53. The van der Waals surface area contributed by atoms with Gasteiger partial charge >= 0.3 is 23.9 Å². The molecule has 1 fully saturated rings. The van der Waals surface area contributed by atoms with Gasteiger partial charge < -0.3 is 23.7 Å². The minimum atomic E-state index is -1.57. The molecule has 3 heterocycles. The lowest BCUT2D eigenvalue weighted by atomic mass is 9.95. The topological polar surface area (TPSA) is 160 Å². The Labute approximate surface area is 260 Å². The summed E-state index contributed by atoms with van der Waals surface area (Å²) in [4.78, 5) is 63.5. The standard InChI is InChI=1S/C30H27ClN2O10S/c1-15(34)39-14-24-26(40-16(2)35)27(41-17(3)36)28(42-18(4)37)30(43-24)33-23(19-7-9-20(31)10-8-19)12-21(22(13-32)29(33)38)25-6-5-11-44-25/h5-12,24,26-28,30H,14H2,1-4H3/t24-,26-,27+,28-,30-/m1/s1. The number of esters is 4. The SMILES string of the molecule is CC(=O)OC[C@H]1O[C@@H](n2c(-c3ccc(Cl)cc3)cc(-c3cccs3)c(C#N)c2=O)[C@H](OC(C)=O)[C@@H](OC(C)=O)[C@@H]1OC(C)=O. The van der Waals surface area contributed by atoms with E-state index in [1.54, 1.807) is 47.8 Å². The van der Waals surface area contributed by atoms with E-state index in [4.69, 9.17) is 35.3 Å². The minimum absolute atomic E-state index is 0.231. The monoisotopic (exact) mass is 642 g/mol. The first-order valence-corrected chi connectivity index (χ1v) is 14.5. The third-order valence-corrected chi connectivity index (χ3v) is 7.66. The van der Waals surface area contributed by atoms with Crippen LogP contribution in [0.4, 0.5) is 0 Å². The Hall–Kier alpha value is -4.51. The van der Waals surface area contributed by atoms with Crippen molar-refractivity contribution in [3.05, 3.63) is 68.8 Å². The van der Waals surface area contributed by atoms with Gasteiger partial charge in [-0.15, -0.1) is 11.3 Å². The Morgan fingerprint density at radius 1 is 0.932 bits per heavy atom. The fraction of sp³-hybridized carbons (Fsp3) is 0.333. The molecular formula is C30H27ClN2O10S. The lowest BCUT2D eigenvalue weighted by Crippen LogP contribution is -2.61. The highest BCUT2D eigenvalue weighted by atomic mass is 35.5. The van der Waals surface area contributed by atoms with Crippen LogP contribution < -0.4 is 5.56 Å². The fourth-order valence-electron chi connectivity index (χ4n) is 4.87. The van der Waals surface area contributed by atoms with Gasteiger partial charge in [0.2, 0.25) is 0 Å². The lowest BCUT2D eigenvalue weighted by molar-refractivity contribution is -0.268. The molecule has 0 radical (unpaired) electrons. The molecule has 4 rings (SSSR count). The third kappa shape index (κ3) is 7.16. The maximum atomic E-state index is 14.3. The average Bonchev–Trinajstić information content (AvgIpc) is 3.49. The highest BCUT2D eigenvalue weighted by molar-refractivity contribution is 7.13. The van der Waals surface area contributed by atoms with Gasteiger partial charge in [-0.25, -0.2) is 0 Å². The number of ether oxygens (including phenoxy) is 5. The van der Waals surface area contributed by atoms with Crippen LogP contribution in [0.15, 0.2) is 52.6 Å². The van der Waals surface area contributed by atoms with Gasteiger partial charge in [-0.05, 0) is 35.2 Å². The molecule has 0 amide bonds. The predicted molar refractivity (Wildman–Crippen MR) is 156 cm³/mol. The summed E-state index contributed by atoms with van der Waals surface area (Å²) < 4.78 is 29.1. The Morgan fingerprint density at radius 2 is 1.55 bits per heavy atom. The molecule has 14 heteroatoms. The summed E-state index contributed by atoms with van der Waals surface area (Å²) in [5.41, 5.74) is -0.00165. The van der Waals surface area contributed by atoms with Crippen LogP contribution in [-0.4, -0.2) is 59.5 Å². The number of benzene rings is 1. The van der Waals surface area contributed by atoms with E-state index < -0.39 is 66.7 Å². The smallest absolute Gasteiger partial charge is 0.303 e. The number of nitrogens with zero attached hydrogens (tertiary/aromatic N) is 2. The van der Waals surface area contributed by atoms with Crippen LogP contribution in [0.1, 0.15) is 39.5 Å². The van der Waals surface area contributed by atoms with Gasteiger partial charge in [0.25, 0.3) is 5.56 Å². The van der Waals surface area contributed by atoms with Crippen molar-refractivity contribution in [1.82, 2.24) is 4.57 Å². The summed E-state index contributed by atoms with van der Waals surface area (Å²) in [6.07, 6.45) is -7.40. The van der Waals surface area contributed by atoms with Crippen LogP contribution in [-0.2, 0) is 42.9 Å². The van der Waals surface area contributed by atoms with Crippen molar-refractivity contribution in [3.8, 4) is 27.8 Å². The molecule has 3 aromatic rings. The second-order valence-electron chi connectivity index (χ2n) is 9.68. The highest BCUT2D eigenvalue weighted by Crippen LogP contribution is 2.38. The summed E-state index contributed by atoms with van der Waals surface area (Å²) in [6.45, 7) is 3.95. The maximum Gasteiger partial charge on any atom is 0.303 e. The van der Waals surface area contributed by atoms with Gasteiger partial charge in [0.1, 0.15) is 24.3 Å². The first-order chi connectivity index (χ1) is 20.9. The Kier molecular flexibility index (Phi) is 10.2. The molecule has 1 aromatic carbocycles. The zero-order valence-corrected chi connectivity index (χ0v) is 25.5. The van der Waals surface area contributed by atoms with Crippen molar-refractivity contribution < 1.29 is 42.9 Å². The molecule has 0 bridgehead atoms. The number of hydrogen-bond donors (Lipinski definition) is 0. The molecule has 0 aliphatic carbocycles. The number of rotatable bonds is 8. The van der Waals surface area contributed by atoms with Crippen LogP contribution >= 0.6 is 22.9 Å². The molecule has 0 N–H and O–H groups in total. The predicted octanol–water partition coefficient (Wildman–Crippen LogP) is 4.02. The second kappa shape index (κ2) is 13.9. The fourth-order valence-corrected chi connectivity index (χ4v) is 5.74. The maximum absolute atomic E-state index is 14.3. The van der Waals surface area contributed by atoms with Crippen molar-refractivity contribution >= 4 is 46.8 Å². The first kappa shape index (κ1) is 32.4. The lowest BCUT2D eigenvalue weighted by Gasteiger charge is -2.45. The molecule has 44 heavy (non-hydrogen) atoms. The third-order valence-electron chi connectivity index (χ3n) is 6.50. The van der Waals surface area contributed by atoms with Gasteiger partial charge in [-0.1, -0.05) is 29.8 Å². The van der Waals surface area contributed by atoms with E-state index in [1.165, 1.54) is 11.3 Å². The molecule has 5 atom stereocenters. The van der Waals surface area contributed by atoms with Crippen molar-refractivity contribution in [3.63, 3.8) is 0 Å². The molecule has 2 aromatic heterocycles. The van der Waals surface area contributed by atoms with Gasteiger partial charge in [0.05, 0.1) is 5.69 Å². The molecule has 1 aliphatic rings. The summed E-state index contributed by atoms with van der Waals surface area (Å²) in [5, 5.41) is 12.4. The number of carbonyl (C=O) groups is 4. The summed E-state index contributed by atoms with van der Waals surface area (Å²) in [6, 6.07) is 13.6. The van der Waals surface area contributed by atoms with Crippen LogP contribution in [0.25, 0.3) is 21.7 Å². The number of hydrogen-bond acceptors (Lipinski definition) is 12. The quantitative estimate of drug-likeness (QED) is 0.258. The van der Waals surface area contributed by atoms with E-state index >= 15 is 0 Å². The van der Waals surface area contributed by atoms with Crippen molar-refractivity contribution in [2.75, 3.05) is 6.61 Å². The Morgan fingerprint density at radius 3 is 2.09 bits per heavy atom. The number of pyridine rings is 1. The van der Waals surface area contributed by atoms with E-state index in [1.807, 2.05) is 6.07 Å². The molecule has 1 saturated heterocycles. The molecular weight excluding hydrogens is 616 g/mol. The summed E-state index contributed by atoms with van der Waals surface area (Å²) in [7, 11) is 0. The molecule has 230 valence electrons. The number of nitriles is 1. The number of carbonyl (C=O) groups excluding carboxylic acids is 4. The Bertz CT molecular complexity index is 1660. The van der Waals surface area contributed by atoms with Gasteiger partial charge in [-0.2, -0.15) is 5.26 Å². The van der Waals surface area contributed by atoms with Crippen LogP contribution in [0, 0.1) is 11.3 Å². The van der Waals surface area contributed by atoms with E-state index in [0.717, 1.165) is 32.3 Å². The minimum Gasteiger partial charge on any atom is -0.463 e. The summed E-state index contributed by atoms with van der Waals surface area (Å²) in [5.74, 6) is -3.15. The molecule has 1 aliphatic heterocycles. The zero-order chi connectivity index (χ0) is 32.1. The Balaban J connectivity index is 2.04. The first-order valence-electron chi connectivity index (χ1n) is 13.2. The zero-order valence-electron chi connectivity index (χ0n) is 24.0. The molecule has 12 nitrogen and oxygen atoms in total. The normalized spacial score (nSPS) is 21.0. The van der Waals surface area contributed by atoms with Crippen molar-refractivity contribution in [1.29, 1.82) is 5.26 Å². The van der Waals surface area contributed by atoms with E-state index in [0.29, 0.717) is 21.0 Å². The van der Waals surface area contributed by atoms with E-state index in [2.05, 4.69) is 0 Å². The molecule has 0 saturated carbocycles. The van der Waals surface area contributed by atoms with Crippen molar-refractivity contribution in [2.24, 2.45) is 0 Å². The number of halogens is 1. The molecule has 0 unspecified atom stereocenters. The van der Waals surface area contributed by atoms with Gasteiger partial charge in [0.15, 0.2) is 24.5 Å². The van der Waals surface area contributed by atoms with Gasteiger partial charge in [-0.3, -0.25) is 28.5 Å². The van der Waals surface area contributed by atoms with Crippen molar-refractivity contribution in [2.45, 2.75) is 58.3 Å². The summed E-state index contributed by atoms with van der Waals surface area (Å²) >= 11 is 7.46.